The van der Waals surface area contributed by atoms with Gasteiger partial charge in [0, 0.05) is 24.2 Å². The lowest BCUT2D eigenvalue weighted by Gasteiger charge is -2.33. The minimum Gasteiger partial charge on any atom is -0.334 e. The van der Waals surface area contributed by atoms with Crippen molar-refractivity contribution in [3.05, 3.63) is 70.8 Å². The Morgan fingerprint density at radius 3 is 2.48 bits per heavy atom. The maximum absolute atomic E-state index is 12.6. The third kappa shape index (κ3) is 3.81. The van der Waals surface area contributed by atoms with Crippen LogP contribution in [0.1, 0.15) is 44.7 Å². The number of Topliss-reactive ketones (excluding diaryl/α,β-unsaturated/α-hetero) is 1. The van der Waals surface area contributed by atoms with Crippen molar-refractivity contribution in [1.82, 2.24) is 9.80 Å². The number of nitrogens with zero attached hydrogens (tertiary/aromatic N) is 2. The highest BCUT2D eigenvalue weighted by molar-refractivity contribution is 5.99. The van der Waals surface area contributed by atoms with Gasteiger partial charge in [-0.2, -0.15) is 0 Å². The Morgan fingerprint density at radius 1 is 1.04 bits per heavy atom. The van der Waals surface area contributed by atoms with E-state index in [0.29, 0.717) is 12.5 Å². The predicted molar refractivity (Wildman–Crippen MR) is 106 cm³/mol. The summed E-state index contributed by atoms with van der Waals surface area (Å²) in [5.41, 5.74) is 3.88. The van der Waals surface area contributed by atoms with E-state index < -0.39 is 0 Å². The highest BCUT2D eigenvalue weighted by Gasteiger charge is 2.30. The molecule has 4 rings (SSSR count). The average molecular weight is 362 g/mol. The van der Waals surface area contributed by atoms with Crippen molar-refractivity contribution < 1.29 is 9.59 Å². The number of fused-ring (bicyclic) bond motifs is 1. The maximum Gasteiger partial charge on any atom is 0.254 e. The van der Waals surface area contributed by atoms with E-state index in [9.17, 15) is 9.59 Å². The Labute approximate surface area is 160 Å². The van der Waals surface area contributed by atoms with Crippen molar-refractivity contribution in [1.29, 1.82) is 0 Å². The van der Waals surface area contributed by atoms with E-state index >= 15 is 0 Å². The molecule has 0 saturated carbocycles. The molecule has 2 heterocycles. The molecule has 0 N–H and O–H groups in total. The number of hydrogen-bond donors (Lipinski definition) is 0. The summed E-state index contributed by atoms with van der Waals surface area (Å²) in [5.74, 6) is 0.896. The van der Waals surface area contributed by atoms with Crippen LogP contribution in [0.2, 0.25) is 0 Å². The van der Waals surface area contributed by atoms with E-state index in [2.05, 4.69) is 4.90 Å². The molecule has 27 heavy (non-hydrogen) atoms. The van der Waals surface area contributed by atoms with Crippen molar-refractivity contribution >= 4 is 11.7 Å². The standard InChI is InChI=1S/C23H26N2O2/c1-17-6-2-4-8-20(17)22(26)16-24-12-10-18(11-13-24)14-25-15-19-7-3-5-9-21(19)23(25)27/h2-9,18H,10-16H2,1H3. The van der Waals surface area contributed by atoms with Gasteiger partial charge in [-0.05, 0) is 56.0 Å². The van der Waals surface area contributed by atoms with Crippen molar-refractivity contribution in [2.75, 3.05) is 26.2 Å². The Bertz CT molecular complexity index is 853. The smallest absolute Gasteiger partial charge is 0.254 e. The van der Waals surface area contributed by atoms with Gasteiger partial charge >= 0.3 is 0 Å². The quantitative estimate of drug-likeness (QED) is 0.764. The lowest BCUT2D eigenvalue weighted by atomic mass is 9.95. The van der Waals surface area contributed by atoms with Gasteiger partial charge in [0.05, 0.1) is 6.54 Å². The van der Waals surface area contributed by atoms with E-state index in [1.165, 1.54) is 0 Å². The first-order valence-electron chi connectivity index (χ1n) is 9.80. The number of rotatable bonds is 5. The number of amides is 1. The molecule has 2 aromatic carbocycles. The Kier molecular flexibility index (Phi) is 5.08. The van der Waals surface area contributed by atoms with Crippen LogP contribution in [0, 0.1) is 12.8 Å². The van der Waals surface area contributed by atoms with Crippen LogP contribution in [-0.2, 0) is 6.54 Å². The molecular formula is C23H26N2O2. The first-order chi connectivity index (χ1) is 13.1. The number of likely N-dealkylation sites (tertiary alicyclic amines) is 1. The van der Waals surface area contributed by atoms with Crippen LogP contribution in [0.15, 0.2) is 48.5 Å². The summed E-state index contributed by atoms with van der Waals surface area (Å²) in [5, 5.41) is 0. The maximum atomic E-state index is 12.6. The number of carbonyl (C=O) groups excluding carboxylic acids is 2. The fraction of sp³-hybridized carbons (Fsp3) is 0.391. The van der Waals surface area contributed by atoms with Crippen molar-refractivity contribution in [3.8, 4) is 0 Å². The molecule has 0 aromatic heterocycles. The van der Waals surface area contributed by atoms with Crippen LogP contribution in [0.25, 0.3) is 0 Å². The minimum absolute atomic E-state index is 0.169. The second-order valence-corrected chi connectivity index (χ2v) is 7.80. The molecule has 1 saturated heterocycles. The van der Waals surface area contributed by atoms with Gasteiger partial charge in [-0.15, -0.1) is 0 Å². The number of carbonyl (C=O) groups is 2. The van der Waals surface area contributed by atoms with Crippen LogP contribution >= 0.6 is 0 Å². The SMILES string of the molecule is Cc1ccccc1C(=O)CN1CCC(CN2Cc3ccccc3C2=O)CC1. The molecule has 4 nitrogen and oxygen atoms in total. The van der Waals surface area contributed by atoms with Gasteiger partial charge in [-0.3, -0.25) is 14.5 Å². The normalized spacial score (nSPS) is 18.0. The highest BCUT2D eigenvalue weighted by atomic mass is 16.2. The zero-order valence-electron chi connectivity index (χ0n) is 15.9. The number of piperidine rings is 1. The molecule has 1 amide bonds. The number of aryl methyl sites for hydroxylation is 1. The van der Waals surface area contributed by atoms with Gasteiger partial charge in [0.1, 0.15) is 0 Å². The molecule has 0 spiro atoms. The topological polar surface area (TPSA) is 40.6 Å². The molecular weight excluding hydrogens is 336 g/mol. The lowest BCUT2D eigenvalue weighted by Crippen LogP contribution is -2.41. The summed E-state index contributed by atoms with van der Waals surface area (Å²) in [6, 6.07) is 15.7. The van der Waals surface area contributed by atoms with E-state index in [0.717, 1.165) is 61.3 Å². The fourth-order valence-electron chi connectivity index (χ4n) is 4.27. The summed E-state index contributed by atoms with van der Waals surface area (Å²) in [6.07, 6.45) is 2.09. The van der Waals surface area contributed by atoms with E-state index in [1.54, 1.807) is 0 Å². The molecule has 2 aromatic rings. The van der Waals surface area contributed by atoms with Crippen LogP contribution in [-0.4, -0.2) is 47.7 Å². The fourth-order valence-corrected chi connectivity index (χ4v) is 4.27. The van der Waals surface area contributed by atoms with Gasteiger partial charge in [0.2, 0.25) is 0 Å². The van der Waals surface area contributed by atoms with Crippen molar-refractivity contribution in [2.24, 2.45) is 5.92 Å². The molecule has 2 aliphatic rings. The Balaban J connectivity index is 1.28. The third-order valence-corrected chi connectivity index (χ3v) is 5.89. The summed E-state index contributed by atoms with van der Waals surface area (Å²) < 4.78 is 0. The zero-order chi connectivity index (χ0) is 18.8. The van der Waals surface area contributed by atoms with E-state index in [4.69, 9.17) is 0 Å². The van der Waals surface area contributed by atoms with Crippen molar-refractivity contribution in [3.63, 3.8) is 0 Å². The summed E-state index contributed by atoms with van der Waals surface area (Å²) in [7, 11) is 0. The van der Waals surface area contributed by atoms with Crippen LogP contribution in [0.4, 0.5) is 0 Å². The number of ketones is 1. The Hall–Kier alpha value is -2.46. The Morgan fingerprint density at radius 2 is 1.74 bits per heavy atom. The van der Waals surface area contributed by atoms with Gasteiger partial charge < -0.3 is 4.90 Å². The molecule has 0 aliphatic carbocycles. The molecule has 0 radical (unpaired) electrons. The largest absolute Gasteiger partial charge is 0.334 e. The van der Waals surface area contributed by atoms with Crippen LogP contribution < -0.4 is 0 Å². The summed E-state index contributed by atoms with van der Waals surface area (Å²) in [6.45, 7) is 5.90. The van der Waals surface area contributed by atoms with Gasteiger partial charge in [0.15, 0.2) is 5.78 Å². The molecule has 0 unspecified atom stereocenters. The van der Waals surface area contributed by atoms with Gasteiger partial charge in [0.25, 0.3) is 5.91 Å². The summed E-state index contributed by atoms with van der Waals surface area (Å²) in [4.78, 5) is 29.4. The van der Waals surface area contributed by atoms with Crippen LogP contribution in [0.5, 0.6) is 0 Å². The van der Waals surface area contributed by atoms with Crippen molar-refractivity contribution in [2.45, 2.75) is 26.3 Å². The van der Waals surface area contributed by atoms with Gasteiger partial charge in [-0.1, -0.05) is 42.5 Å². The third-order valence-electron chi connectivity index (χ3n) is 5.89. The molecule has 1 fully saturated rings. The van der Waals surface area contributed by atoms with E-state index in [1.807, 2.05) is 60.4 Å². The first kappa shape index (κ1) is 17.9. The molecule has 140 valence electrons. The second kappa shape index (κ2) is 7.65. The number of benzene rings is 2. The van der Waals surface area contributed by atoms with Crippen LogP contribution in [0.3, 0.4) is 0 Å². The molecule has 0 bridgehead atoms. The average Bonchev–Trinajstić information content (AvgIpc) is 2.99. The lowest BCUT2D eigenvalue weighted by molar-refractivity contribution is 0.0707. The second-order valence-electron chi connectivity index (χ2n) is 7.80. The first-order valence-corrected chi connectivity index (χ1v) is 9.80. The summed E-state index contributed by atoms with van der Waals surface area (Å²) >= 11 is 0. The minimum atomic E-state index is 0.169. The number of hydrogen-bond acceptors (Lipinski definition) is 3. The molecule has 2 aliphatic heterocycles. The zero-order valence-corrected chi connectivity index (χ0v) is 15.9. The predicted octanol–water partition coefficient (Wildman–Crippen LogP) is 3.55. The molecule has 0 atom stereocenters. The van der Waals surface area contributed by atoms with Gasteiger partial charge in [-0.25, -0.2) is 0 Å². The monoisotopic (exact) mass is 362 g/mol. The van der Waals surface area contributed by atoms with E-state index in [-0.39, 0.29) is 11.7 Å². The highest BCUT2D eigenvalue weighted by Crippen LogP contribution is 2.26. The molecule has 4 heteroatoms.